The van der Waals surface area contributed by atoms with E-state index < -0.39 is 0 Å². The zero-order valence-corrected chi connectivity index (χ0v) is 36.9. The highest BCUT2D eigenvalue weighted by Crippen LogP contribution is 2.42. The first-order valence-electron chi connectivity index (χ1n) is 22.8. The lowest BCUT2D eigenvalue weighted by Crippen LogP contribution is -2.10. The molecule has 0 bridgehead atoms. The summed E-state index contributed by atoms with van der Waals surface area (Å²) in [7, 11) is 0. The zero-order valence-electron chi connectivity index (χ0n) is 36.9. The molecule has 0 saturated heterocycles. The number of rotatable bonds is 9. The van der Waals surface area contributed by atoms with Crippen LogP contribution in [0.5, 0.6) is 0 Å². The van der Waals surface area contributed by atoms with E-state index in [2.05, 4.69) is 232 Å². The van der Waals surface area contributed by atoms with Gasteiger partial charge < -0.3 is 14.0 Å². The number of aromatic nitrogens is 2. The van der Waals surface area contributed by atoms with Gasteiger partial charge in [0.15, 0.2) is 0 Å². The lowest BCUT2D eigenvalue weighted by molar-refractivity contribution is 0.979. The fraction of sp³-hybridized carbons (Fsp3) is 0.0159. The molecule has 0 saturated carbocycles. The van der Waals surface area contributed by atoms with Crippen molar-refractivity contribution in [3.8, 4) is 34.6 Å². The number of benzene rings is 10. The van der Waals surface area contributed by atoms with Crippen LogP contribution >= 0.6 is 0 Å². The number of hydrogen-bond donors (Lipinski definition) is 0. The van der Waals surface area contributed by atoms with Gasteiger partial charge in [0, 0.05) is 55.9 Å². The Bertz CT molecular complexity index is 3630. The Morgan fingerprint density at radius 1 is 0.324 bits per heavy atom. The van der Waals surface area contributed by atoms with Crippen LogP contribution in [0.3, 0.4) is 0 Å². The van der Waals surface area contributed by atoms with E-state index in [1.807, 2.05) is 36.4 Å². The van der Waals surface area contributed by atoms with E-state index in [1.165, 1.54) is 27.2 Å². The van der Waals surface area contributed by atoms with Crippen LogP contribution in [0.4, 0.5) is 17.1 Å². The van der Waals surface area contributed by atoms with Gasteiger partial charge in [0.05, 0.1) is 45.3 Å². The molecule has 12 aromatic rings. The summed E-state index contributed by atoms with van der Waals surface area (Å²) in [4.78, 5) is 2.26. The van der Waals surface area contributed by atoms with Crippen LogP contribution in [-0.4, -0.2) is 9.13 Å². The smallest absolute Gasteiger partial charge is 0.0991 e. The fourth-order valence-electron chi connectivity index (χ4n) is 10.1. The zero-order chi connectivity index (χ0) is 45.6. The normalized spacial score (nSPS) is 11.7. The SMILES string of the molecule is N#Cc1ccc(C(c2ccc(-c3ccc(N(c4ccc(C#N)cc4)c4ccc5c(c4)c4ccccc4n5-c4ccccc4)cc3)cc2)c2ccc3c(c2)c2ccccc2n3-c2ccccc2)cc1. The van der Waals surface area contributed by atoms with Crippen molar-refractivity contribution in [1.29, 1.82) is 10.5 Å². The van der Waals surface area contributed by atoms with Gasteiger partial charge in [-0.2, -0.15) is 10.5 Å². The molecular weight excluding hydrogens is 827 g/mol. The highest BCUT2D eigenvalue weighted by molar-refractivity contribution is 6.11. The summed E-state index contributed by atoms with van der Waals surface area (Å²) in [5, 5.41) is 24.1. The van der Waals surface area contributed by atoms with Crippen LogP contribution in [0.25, 0.3) is 66.1 Å². The monoisotopic (exact) mass is 867 g/mol. The van der Waals surface area contributed by atoms with Gasteiger partial charge in [-0.05, 0) is 143 Å². The number of para-hydroxylation sites is 4. The van der Waals surface area contributed by atoms with E-state index in [0.29, 0.717) is 11.1 Å². The standard InChI is InChI=1S/C63H41N5/c64-41-43-19-23-47(24-20-43)63(49-31-37-61-57(39-49)55-15-7-9-17-59(55)67(61)50-11-3-1-4-12-50)48-27-25-45(26-28-48)46-29-34-53(35-30-46)66(52-32-21-44(42-65)22-33-52)54-36-38-62-58(40-54)56-16-8-10-18-60(56)68(62)51-13-5-2-6-14-51/h1-40,63H. The second-order valence-corrected chi connectivity index (χ2v) is 17.2. The van der Waals surface area contributed by atoms with E-state index in [4.69, 9.17) is 0 Å². The van der Waals surface area contributed by atoms with Gasteiger partial charge in [-0.1, -0.05) is 127 Å². The first-order valence-corrected chi connectivity index (χ1v) is 22.8. The summed E-state index contributed by atoms with van der Waals surface area (Å²) in [6.07, 6.45) is 0. The third-order valence-electron chi connectivity index (χ3n) is 13.3. The van der Waals surface area contributed by atoms with Gasteiger partial charge in [0.25, 0.3) is 0 Å². The Hall–Kier alpha value is -9.42. The number of nitriles is 2. The van der Waals surface area contributed by atoms with E-state index in [-0.39, 0.29) is 5.92 Å². The van der Waals surface area contributed by atoms with Crippen LogP contribution in [-0.2, 0) is 0 Å². The molecule has 1 unspecified atom stereocenters. The molecular formula is C63H41N5. The maximum atomic E-state index is 9.68. The second-order valence-electron chi connectivity index (χ2n) is 17.2. The van der Waals surface area contributed by atoms with Gasteiger partial charge in [-0.3, -0.25) is 0 Å². The summed E-state index contributed by atoms with van der Waals surface area (Å²) in [5.74, 6) is -0.0672. The first kappa shape index (κ1) is 40.1. The third-order valence-corrected chi connectivity index (χ3v) is 13.3. The molecule has 0 spiro atoms. The molecule has 2 heterocycles. The topological polar surface area (TPSA) is 60.7 Å². The minimum atomic E-state index is -0.0672. The Labute approximate surface area is 394 Å². The number of hydrogen-bond acceptors (Lipinski definition) is 3. The van der Waals surface area contributed by atoms with E-state index in [9.17, 15) is 10.5 Å². The van der Waals surface area contributed by atoms with Crippen LogP contribution in [0, 0.1) is 22.7 Å². The van der Waals surface area contributed by atoms with Gasteiger partial charge in [0.2, 0.25) is 0 Å². The van der Waals surface area contributed by atoms with Crippen molar-refractivity contribution in [2.75, 3.05) is 4.90 Å². The largest absolute Gasteiger partial charge is 0.310 e. The Kier molecular flexibility index (Phi) is 9.94. The van der Waals surface area contributed by atoms with Crippen LogP contribution < -0.4 is 4.90 Å². The number of nitrogens with zero attached hydrogens (tertiary/aromatic N) is 5. The van der Waals surface area contributed by atoms with Crippen molar-refractivity contribution < 1.29 is 0 Å². The second kappa shape index (κ2) is 16.9. The van der Waals surface area contributed by atoms with Gasteiger partial charge >= 0.3 is 0 Å². The molecule has 12 rings (SSSR count). The van der Waals surface area contributed by atoms with Crippen molar-refractivity contribution in [2.24, 2.45) is 0 Å². The maximum absolute atomic E-state index is 9.68. The predicted molar refractivity (Wildman–Crippen MR) is 278 cm³/mol. The lowest BCUT2D eigenvalue weighted by Gasteiger charge is -2.26. The molecule has 5 heteroatoms. The minimum absolute atomic E-state index is 0.0672. The molecule has 10 aromatic carbocycles. The fourth-order valence-corrected chi connectivity index (χ4v) is 10.1. The van der Waals surface area contributed by atoms with Crippen molar-refractivity contribution in [3.63, 3.8) is 0 Å². The molecule has 0 radical (unpaired) electrons. The van der Waals surface area contributed by atoms with E-state index in [0.717, 1.165) is 72.6 Å². The molecule has 0 aliphatic rings. The average molecular weight is 868 g/mol. The van der Waals surface area contributed by atoms with Crippen molar-refractivity contribution in [3.05, 3.63) is 270 Å². The summed E-state index contributed by atoms with van der Waals surface area (Å²) in [6.45, 7) is 0. The molecule has 1 atom stereocenters. The highest BCUT2D eigenvalue weighted by Gasteiger charge is 2.22. The number of anilines is 3. The first-order chi connectivity index (χ1) is 33.6. The summed E-state index contributed by atoms with van der Waals surface area (Å²) in [5.41, 5.74) is 16.8. The molecule has 0 N–H and O–H groups in total. The summed E-state index contributed by atoms with van der Waals surface area (Å²) in [6, 6.07) is 89.9. The quantitative estimate of drug-likeness (QED) is 0.136. The van der Waals surface area contributed by atoms with Gasteiger partial charge in [0.1, 0.15) is 0 Å². The Balaban J connectivity index is 0.917. The highest BCUT2D eigenvalue weighted by atomic mass is 15.1. The molecule has 5 nitrogen and oxygen atoms in total. The molecule has 0 aliphatic carbocycles. The van der Waals surface area contributed by atoms with Crippen LogP contribution in [0.15, 0.2) is 243 Å². The average Bonchev–Trinajstić information content (AvgIpc) is 3.92. The van der Waals surface area contributed by atoms with Crippen molar-refractivity contribution in [2.45, 2.75) is 5.92 Å². The summed E-state index contributed by atoms with van der Waals surface area (Å²) < 4.78 is 4.68. The van der Waals surface area contributed by atoms with E-state index >= 15 is 0 Å². The van der Waals surface area contributed by atoms with Crippen LogP contribution in [0.2, 0.25) is 0 Å². The van der Waals surface area contributed by atoms with Crippen molar-refractivity contribution in [1.82, 2.24) is 9.13 Å². The predicted octanol–water partition coefficient (Wildman–Crippen LogP) is 15.9. The lowest BCUT2D eigenvalue weighted by atomic mass is 9.83. The molecule has 0 fully saturated rings. The molecule has 318 valence electrons. The van der Waals surface area contributed by atoms with Gasteiger partial charge in [-0.25, -0.2) is 0 Å². The molecule has 68 heavy (non-hydrogen) atoms. The van der Waals surface area contributed by atoms with Crippen LogP contribution in [0.1, 0.15) is 33.7 Å². The summed E-state index contributed by atoms with van der Waals surface area (Å²) >= 11 is 0. The Morgan fingerprint density at radius 3 is 1.24 bits per heavy atom. The van der Waals surface area contributed by atoms with Gasteiger partial charge in [-0.15, -0.1) is 0 Å². The molecule has 2 aromatic heterocycles. The molecule has 0 aliphatic heterocycles. The minimum Gasteiger partial charge on any atom is -0.310 e. The molecule has 0 amide bonds. The van der Waals surface area contributed by atoms with Crippen molar-refractivity contribution >= 4 is 60.7 Å². The Morgan fingerprint density at radius 2 is 0.706 bits per heavy atom. The van der Waals surface area contributed by atoms with E-state index in [1.54, 1.807) is 0 Å². The number of fused-ring (bicyclic) bond motifs is 6. The maximum Gasteiger partial charge on any atom is 0.0991 e. The third kappa shape index (κ3) is 6.95.